The maximum atomic E-state index is 13.8. The van der Waals surface area contributed by atoms with E-state index >= 15 is 0 Å². The molecule has 1 N–H and O–H groups in total. The minimum Gasteiger partial charge on any atom is -0.481 e. The second-order valence-corrected chi connectivity index (χ2v) is 4.12. The summed E-state index contributed by atoms with van der Waals surface area (Å²) in [7, 11) is 0. The molecule has 0 unspecified atom stereocenters. The molecule has 20 heavy (non-hydrogen) atoms. The average Bonchev–Trinajstić information content (AvgIpc) is 2.36. The van der Waals surface area contributed by atoms with Crippen LogP contribution >= 0.6 is 0 Å². The number of carbonyl (C=O) groups is 1. The molecule has 0 heterocycles. The zero-order valence-corrected chi connectivity index (χ0v) is 9.96. The van der Waals surface area contributed by atoms with Crippen molar-refractivity contribution in [2.24, 2.45) is 0 Å². The molecule has 0 amide bonds. The molecular formula is C14H8F4O2. The van der Waals surface area contributed by atoms with Crippen LogP contribution in [0.15, 0.2) is 30.3 Å². The Morgan fingerprint density at radius 2 is 1.55 bits per heavy atom. The number of hydrogen-bond donors (Lipinski definition) is 1. The molecule has 2 rings (SSSR count). The van der Waals surface area contributed by atoms with Crippen LogP contribution in [0.25, 0.3) is 11.1 Å². The van der Waals surface area contributed by atoms with Crippen molar-refractivity contribution in [2.75, 3.05) is 0 Å². The highest BCUT2D eigenvalue weighted by molar-refractivity contribution is 5.71. The van der Waals surface area contributed by atoms with E-state index in [1.54, 1.807) is 0 Å². The highest BCUT2D eigenvalue weighted by Crippen LogP contribution is 2.28. The molecule has 0 bridgehead atoms. The van der Waals surface area contributed by atoms with Crippen molar-refractivity contribution >= 4 is 5.97 Å². The van der Waals surface area contributed by atoms with Gasteiger partial charge >= 0.3 is 5.97 Å². The van der Waals surface area contributed by atoms with Crippen LogP contribution in [-0.2, 0) is 11.2 Å². The van der Waals surface area contributed by atoms with Gasteiger partial charge in [-0.25, -0.2) is 17.6 Å². The van der Waals surface area contributed by atoms with Crippen LogP contribution in [0.4, 0.5) is 17.6 Å². The van der Waals surface area contributed by atoms with Gasteiger partial charge in [0.2, 0.25) is 0 Å². The van der Waals surface area contributed by atoms with E-state index in [1.807, 2.05) is 0 Å². The fourth-order valence-corrected chi connectivity index (χ4v) is 1.80. The number of carboxylic acid groups (broad SMARTS) is 1. The van der Waals surface area contributed by atoms with E-state index < -0.39 is 46.8 Å². The maximum Gasteiger partial charge on any atom is 0.307 e. The van der Waals surface area contributed by atoms with Crippen molar-refractivity contribution in [1.82, 2.24) is 0 Å². The third kappa shape index (κ3) is 2.79. The standard InChI is InChI=1S/C14H8F4O2/c15-8-1-2-11(16)9(5-8)10-6-12(17)7(3-13(10)18)4-14(19)20/h1-3,5-6H,4H2,(H,19,20). The van der Waals surface area contributed by atoms with Crippen LogP contribution in [0, 0.1) is 23.3 Å². The van der Waals surface area contributed by atoms with Crippen molar-refractivity contribution in [3.8, 4) is 11.1 Å². The Labute approximate surface area is 111 Å². The van der Waals surface area contributed by atoms with Gasteiger partial charge in [0.05, 0.1) is 6.42 Å². The molecule has 0 fully saturated rings. The van der Waals surface area contributed by atoms with Crippen LogP contribution < -0.4 is 0 Å². The predicted octanol–water partition coefficient (Wildman–Crippen LogP) is 3.54. The normalized spacial score (nSPS) is 10.6. The molecule has 0 saturated heterocycles. The summed E-state index contributed by atoms with van der Waals surface area (Å²) < 4.78 is 54.1. The van der Waals surface area contributed by atoms with Gasteiger partial charge in [0.1, 0.15) is 23.3 Å². The number of carboxylic acids is 1. The summed E-state index contributed by atoms with van der Waals surface area (Å²) in [6, 6.07) is 3.72. The lowest BCUT2D eigenvalue weighted by atomic mass is 10.0. The van der Waals surface area contributed by atoms with Gasteiger partial charge in [-0.3, -0.25) is 4.79 Å². The fourth-order valence-electron chi connectivity index (χ4n) is 1.80. The highest BCUT2D eigenvalue weighted by Gasteiger charge is 2.16. The Morgan fingerprint density at radius 1 is 0.900 bits per heavy atom. The molecule has 104 valence electrons. The number of aliphatic carboxylic acids is 1. The largest absolute Gasteiger partial charge is 0.481 e. The van der Waals surface area contributed by atoms with Crippen LogP contribution in [0.2, 0.25) is 0 Å². The van der Waals surface area contributed by atoms with Gasteiger partial charge in [-0.1, -0.05) is 0 Å². The molecule has 0 aromatic heterocycles. The summed E-state index contributed by atoms with van der Waals surface area (Å²) >= 11 is 0. The second kappa shape index (κ2) is 5.32. The van der Waals surface area contributed by atoms with E-state index in [4.69, 9.17) is 5.11 Å². The summed E-state index contributed by atoms with van der Waals surface area (Å²) in [5, 5.41) is 8.55. The fraction of sp³-hybridized carbons (Fsp3) is 0.0714. The molecule has 0 spiro atoms. The molecule has 0 aliphatic carbocycles. The van der Waals surface area contributed by atoms with Crippen LogP contribution in [0.1, 0.15) is 5.56 Å². The Hall–Kier alpha value is -2.37. The lowest BCUT2D eigenvalue weighted by molar-refractivity contribution is -0.136. The van der Waals surface area contributed by atoms with Gasteiger partial charge in [-0.05, 0) is 30.3 Å². The quantitative estimate of drug-likeness (QED) is 0.875. The molecule has 2 nitrogen and oxygen atoms in total. The predicted molar refractivity (Wildman–Crippen MR) is 63.0 cm³/mol. The zero-order valence-electron chi connectivity index (χ0n) is 9.96. The first kappa shape index (κ1) is 14.0. The minimum atomic E-state index is -1.33. The summed E-state index contributed by atoms with van der Waals surface area (Å²) in [6.07, 6.45) is -0.700. The minimum absolute atomic E-state index is 0.365. The number of benzene rings is 2. The Balaban J connectivity index is 2.56. The molecule has 2 aromatic carbocycles. The molecule has 0 saturated carbocycles. The Morgan fingerprint density at radius 3 is 2.20 bits per heavy atom. The third-order valence-corrected chi connectivity index (χ3v) is 2.70. The Bertz CT molecular complexity index is 683. The summed E-state index contributed by atoms with van der Waals surface area (Å²) in [6.45, 7) is 0. The molecule has 2 aromatic rings. The van der Waals surface area contributed by atoms with E-state index in [0.717, 1.165) is 18.2 Å². The second-order valence-electron chi connectivity index (χ2n) is 4.12. The first-order valence-corrected chi connectivity index (χ1v) is 5.53. The molecule has 0 aliphatic rings. The molecule has 0 aliphatic heterocycles. The van der Waals surface area contributed by atoms with E-state index in [0.29, 0.717) is 12.1 Å². The van der Waals surface area contributed by atoms with Crippen molar-refractivity contribution < 1.29 is 27.5 Å². The lowest BCUT2D eigenvalue weighted by Gasteiger charge is -2.08. The van der Waals surface area contributed by atoms with E-state index in [1.165, 1.54) is 0 Å². The monoisotopic (exact) mass is 284 g/mol. The summed E-state index contributed by atoms with van der Waals surface area (Å²) in [4.78, 5) is 10.5. The molecular weight excluding hydrogens is 276 g/mol. The molecule has 0 radical (unpaired) electrons. The van der Waals surface area contributed by atoms with Crippen molar-refractivity contribution in [3.63, 3.8) is 0 Å². The van der Waals surface area contributed by atoms with E-state index in [2.05, 4.69) is 0 Å². The SMILES string of the molecule is O=C(O)Cc1cc(F)c(-c2cc(F)ccc2F)cc1F. The van der Waals surface area contributed by atoms with Crippen LogP contribution in [0.3, 0.4) is 0 Å². The topological polar surface area (TPSA) is 37.3 Å². The van der Waals surface area contributed by atoms with Gasteiger partial charge in [0.15, 0.2) is 0 Å². The zero-order chi connectivity index (χ0) is 14.9. The Kier molecular flexibility index (Phi) is 3.74. The first-order valence-electron chi connectivity index (χ1n) is 5.53. The molecule has 6 heteroatoms. The van der Waals surface area contributed by atoms with Crippen molar-refractivity contribution in [2.45, 2.75) is 6.42 Å². The number of halogens is 4. The van der Waals surface area contributed by atoms with Crippen molar-refractivity contribution in [1.29, 1.82) is 0 Å². The van der Waals surface area contributed by atoms with Crippen LogP contribution in [0.5, 0.6) is 0 Å². The van der Waals surface area contributed by atoms with Gasteiger partial charge in [0.25, 0.3) is 0 Å². The van der Waals surface area contributed by atoms with Gasteiger partial charge in [-0.2, -0.15) is 0 Å². The third-order valence-electron chi connectivity index (χ3n) is 2.70. The highest BCUT2D eigenvalue weighted by atomic mass is 19.1. The number of hydrogen-bond acceptors (Lipinski definition) is 1. The summed E-state index contributed by atoms with van der Waals surface area (Å²) in [5.74, 6) is -5.04. The van der Waals surface area contributed by atoms with Crippen molar-refractivity contribution in [3.05, 3.63) is 59.2 Å². The van der Waals surface area contributed by atoms with Gasteiger partial charge in [0, 0.05) is 16.7 Å². The molecule has 0 atom stereocenters. The van der Waals surface area contributed by atoms with E-state index in [-0.39, 0.29) is 5.56 Å². The van der Waals surface area contributed by atoms with Gasteiger partial charge in [-0.15, -0.1) is 0 Å². The summed E-state index contributed by atoms with van der Waals surface area (Å²) in [5.41, 5.74) is -1.26. The van der Waals surface area contributed by atoms with Crippen LogP contribution in [-0.4, -0.2) is 11.1 Å². The average molecular weight is 284 g/mol. The smallest absolute Gasteiger partial charge is 0.307 e. The van der Waals surface area contributed by atoms with E-state index in [9.17, 15) is 22.4 Å². The van der Waals surface area contributed by atoms with Gasteiger partial charge < -0.3 is 5.11 Å². The first-order chi connectivity index (χ1) is 9.38. The number of rotatable bonds is 3. The maximum absolute atomic E-state index is 13.8. The lowest BCUT2D eigenvalue weighted by Crippen LogP contribution is -2.04.